The first-order valence-corrected chi connectivity index (χ1v) is 9.39. The lowest BCUT2D eigenvalue weighted by atomic mass is 9.96. The van der Waals surface area contributed by atoms with E-state index in [9.17, 15) is 18.0 Å². The van der Waals surface area contributed by atoms with Gasteiger partial charge in [-0.2, -0.15) is 18.2 Å². The highest BCUT2D eigenvalue weighted by Crippen LogP contribution is 2.42. The molecule has 1 saturated heterocycles. The number of nitrogens with one attached hydrogen (secondary N) is 1. The first kappa shape index (κ1) is 20.7. The Morgan fingerprint density at radius 2 is 1.73 bits per heavy atom. The summed E-state index contributed by atoms with van der Waals surface area (Å²) in [6, 6.07) is 4.79. The summed E-state index contributed by atoms with van der Waals surface area (Å²) in [5.74, 6) is -0.382. The molecule has 1 aliphatic rings. The summed E-state index contributed by atoms with van der Waals surface area (Å²) < 4.78 is 41.3. The van der Waals surface area contributed by atoms with E-state index in [1.165, 1.54) is 19.3 Å². The number of amides is 1. The van der Waals surface area contributed by atoms with Crippen molar-refractivity contribution in [3.63, 3.8) is 0 Å². The molecule has 1 N–H and O–H groups in total. The van der Waals surface area contributed by atoms with Crippen LogP contribution in [0.2, 0.25) is 0 Å². The average Bonchev–Trinajstić information content (AvgIpc) is 2.80. The molecule has 26 heavy (non-hydrogen) atoms. The molecule has 1 fully saturated rings. The van der Waals surface area contributed by atoms with Gasteiger partial charge >= 0.3 is 6.18 Å². The van der Waals surface area contributed by atoms with E-state index in [0.29, 0.717) is 0 Å². The van der Waals surface area contributed by atoms with E-state index >= 15 is 0 Å². The normalized spacial score (nSPS) is 18.8. The van der Waals surface area contributed by atoms with Crippen LogP contribution in [-0.4, -0.2) is 22.6 Å². The summed E-state index contributed by atoms with van der Waals surface area (Å²) >= 11 is 0. The predicted octanol–water partition coefficient (Wildman–Crippen LogP) is 5.32. The standard InChI is InChI=1S/C20H29F3N2O/c1-4-5-6-7-8-9-15-10-12-16(13-11-15)18(20(21,22)23)25-19(2,3)14-17(26)24-25/h10-13,18H,4-9,14H2,1-3H3,(H,24,26). The van der Waals surface area contributed by atoms with Crippen molar-refractivity contribution in [2.24, 2.45) is 0 Å². The first-order chi connectivity index (χ1) is 12.1. The number of hydrazine groups is 1. The molecule has 1 aromatic rings. The molecule has 0 aromatic heterocycles. The molecular weight excluding hydrogens is 341 g/mol. The lowest BCUT2D eigenvalue weighted by molar-refractivity contribution is -0.203. The van der Waals surface area contributed by atoms with Gasteiger partial charge in [0.1, 0.15) is 0 Å². The van der Waals surface area contributed by atoms with E-state index < -0.39 is 17.8 Å². The quantitative estimate of drug-likeness (QED) is 0.628. The number of benzene rings is 1. The molecular formula is C20H29F3N2O. The summed E-state index contributed by atoms with van der Waals surface area (Å²) in [5.41, 5.74) is 2.71. The van der Waals surface area contributed by atoms with Crippen LogP contribution < -0.4 is 5.43 Å². The maximum atomic E-state index is 13.8. The highest BCUT2D eigenvalue weighted by Gasteiger charge is 2.52. The van der Waals surface area contributed by atoms with Crippen molar-refractivity contribution in [2.45, 2.75) is 83.5 Å². The topological polar surface area (TPSA) is 32.3 Å². The predicted molar refractivity (Wildman–Crippen MR) is 96.4 cm³/mol. The van der Waals surface area contributed by atoms with Crippen LogP contribution in [0.5, 0.6) is 0 Å². The Morgan fingerprint density at radius 3 is 2.23 bits per heavy atom. The zero-order valence-corrected chi connectivity index (χ0v) is 15.8. The number of alkyl halides is 3. The molecule has 1 amide bonds. The van der Waals surface area contributed by atoms with Gasteiger partial charge in [0.05, 0.1) is 0 Å². The van der Waals surface area contributed by atoms with Gasteiger partial charge in [-0.1, -0.05) is 56.9 Å². The Bertz CT molecular complexity index is 596. The van der Waals surface area contributed by atoms with Crippen molar-refractivity contribution in [1.82, 2.24) is 10.4 Å². The summed E-state index contributed by atoms with van der Waals surface area (Å²) in [6.07, 6.45) is 2.28. The van der Waals surface area contributed by atoms with Gasteiger partial charge < -0.3 is 0 Å². The zero-order chi connectivity index (χ0) is 19.4. The number of halogens is 3. The van der Waals surface area contributed by atoms with Crippen molar-refractivity contribution in [2.75, 3.05) is 0 Å². The third-order valence-corrected chi connectivity index (χ3v) is 4.92. The number of carbonyl (C=O) groups excluding carboxylic acids is 1. The van der Waals surface area contributed by atoms with E-state index in [4.69, 9.17) is 0 Å². The first-order valence-electron chi connectivity index (χ1n) is 9.39. The van der Waals surface area contributed by atoms with Crippen LogP contribution in [-0.2, 0) is 11.2 Å². The molecule has 1 heterocycles. The molecule has 0 saturated carbocycles. The fourth-order valence-electron chi connectivity index (χ4n) is 3.50. The number of aryl methyl sites for hydroxylation is 1. The van der Waals surface area contributed by atoms with Gasteiger partial charge in [-0.3, -0.25) is 10.2 Å². The Kier molecular flexibility index (Phi) is 6.72. The summed E-state index contributed by atoms with van der Waals surface area (Å²) in [7, 11) is 0. The number of hydrogen-bond donors (Lipinski definition) is 1. The van der Waals surface area contributed by atoms with Crippen LogP contribution in [0.25, 0.3) is 0 Å². The third kappa shape index (κ3) is 5.22. The van der Waals surface area contributed by atoms with E-state index in [-0.39, 0.29) is 17.9 Å². The van der Waals surface area contributed by atoms with Gasteiger partial charge in [-0.15, -0.1) is 0 Å². The second-order valence-electron chi connectivity index (χ2n) is 7.74. The van der Waals surface area contributed by atoms with Crippen molar-refractivity contribution >= 4 is 5.91 Å². The molecule has 6 heteroatoms. The summed E-state index contributed by atoms with van der Waals surface area (Å²) in [4.78, 5) is 11.7. The molecule has 146 valence electrons. The largest absolute Gasteiger partial charge is 0.409 e. The Labute approximate surface area is 153 Å². The van der Waals surface area contributed by atoms with Gasteiger partial charge in [0, 0.05) is 12.0 Å². The number of rotatable bonds is 8. The molecule has 1 unspecified atom stereocenters. The van der Waals surface area contributed by atoms with Crippen LogP contribution in [0, 0.1) is 0 Å². The van der Waals surface area contributed by atoms with Crippen molar-refractivity contribution in [1.29, 1.82) is 0 Å². The van der Waals surface area contributed by atoms with E-state index in [1.807, 2.05) is 0 Å². The third-order valence-electron chi connectivity index (χ3n) is 4.92. The Hall–Kier alpha value is -1.56. The smallest absolute Gasteiger partial charge is 0.287 e. The van der Waals surface area contributed by atoms with E-state index in [0.717, 1.165) is 29.8 Å². The maximum absolute atomic E-state index is 13.8. The Morgan fingerprint density at radius 1 is 1.12 bits per heavy atom. The van der Waals surface area contributed by atoms with E-state index in [1.54, 1.807) is 38.1 Å². The van der Waals surface area contributed by atoms with Crippen molar-refractivity contribution in [3.05, 3.63) is 35.4 Å². The lowest BCUT2D eigenvalue weighted by Crippen LogP contribution is -2.51. The second kappa shape index (κ2) is 8.42. The van der Waals surface area contributed by atoms with Crippen LogP contribution in [0.1, 0.15) is 76.5 Å². The van der Waals surface area contributed by atoms with Gasteiger partial charge in [-0.05, 0) is 37.8 Å². The molecule has 0 aliphatic carbocycles. The van der Waals surface area contributed by atoms with Crippen molar-refractivity contribution in [3.8, 4) is 0 Å². The zero-order valence-electron chi connectivity index (χ0n) is 15.8. The lowest BCUT2D eigenvalue weighted by Gasteiger charge is -2.38. The van der Waals surface area contributed by atoms with Crippen LogP contribution in [0.4, 0.5) is 13.2 Å². The SMILES string of the molecule is CCCCCCCc1ccc(C(N2NC(=O)CC2(C)C)C(F)(F)F)cc1. The minimum absolute atomic E-state index is 0.0510. The van der Waals surface area contributed by atoms with Gasteiger partial charge in [-0.25, -0.2) is 0 Å². The van der Waals surface area contributed by atoms with Crippen molar-refractivity contribution < 1.29 is 18.0 Å². The number of hydrogen-bond acceptors (Lipinski definition) is 2. The second-order valence-corrected chi connectivity index (χ2v) is 7.74. The molecule has 0 spiro atoms. The van der Waals surface area contributed by atoms with Crippen LogP contribution >= 0.6 is 0 Å². The molecule has 3 nitrogen and oxygen atoms in total. The number of unbranched alkanes of at least 4 members (excludes halogenated alkanes) is 4. The van der Waals surface area contributed by atoms with Crippen LogP contribution in [0.15, 0.2) is 24.3 Å². The monoisotopic (exact) mass is 370 g/mol. The van der Waals surface area contributed by atoms with Gasteiger partial charge in [0.2, 0.25) is 5.91 Å². The van der Waals surface area contributed by atoms with Gasteiger partial charge in [0.15, 0.2) is 6.04 Å². The average molecular weight is 370 g/mol. The number of nitrogens with zero attached hydrogens (tertiary/aromatic N) is 1. The minimum Gasteiger partial charge on any atom is -0.287 e. The molecule has 2 rings (SSSR count). The van der Waals surface area contributed by atoms with E-state index in [2.05, 4.69) is 12.3 Å². The highest BCUT2D eigenvalue weighted by molar-refractivity contribution is 5.79. The molecule has 0 radical (unpaired) electrons. The highest BCUT2D eigenvalue weighted by atomic mass is 19.4. The molecule has 0 bridgehead atoms. The molecule has 1 atom stereocenters. The fraction of sp³-hybridized carbons (Fsp3) is 0.650. The maximum Gasteiger partial charge on any atom is 0.409 e. The summed E-state index contributed by atoms with van der Waals surface area (Å²) in [5, 5.41) is 1.05. The summed E-state index contributed by atoms with van der Waals surface area (Å²) in [6.45, 7) is 5.46. The molecule has 1 aliphatic heterocycles. The fourth-order valence-corrected chi connectivity index (χ4v) is 3.50. The van der Waals surface area contributed by atoms with Crippen LogP contribution in [0.3, 0.4) is 0 Å². The van der Waals surface area contributed by atoms with Gasteiger partial charge in [0.25, 0.3) is 0 Å². The number of carbonyl (C=O) groups is 1. The Balaban J connectivity index is 2.11. The minimum atomic E-state index is -4.48. The molecule has 1 aromatic carbocycles.